The largest absolute Gasteiger partial charge is 0.378 e. The Hall–Kier alpha value is -0.450. The Balaban J connectivity index is 1.54. The second kappa shape index (κ2) is 5.90. The van der Waals surface area contributed by atoms with E-state index in [1.54, 1.807) is 0 Å². The second-order valence-electron chi connectivity index (χ2n) is 6.41. The molecule has 3 saturated heterocycles. The molecule has 4 heteroatoms. The van der Waals surface area contributed by atoms with Crippen LogP contribution in [-0.4, -0.2) is 44.3 Å². The lowest BCUT2D eigenvalue weighted by atomic mass is 9.80. The molecule has 4 nitrogen and oxygen atoms in total. The molecule has 1 N–H and O–H groups in total. The average molecular weight is 267 g/mol. The lowest BCUT2D eigenvalue weighted by Gasteiger charge is -2.37. The summed E-state index contributed by atoms with van der Waals surface area (Å²) in [5, 5.41) is 3.39. The molecule has 3 fully saturated rings. The van der Waals surface area contributed by atoms with Crippen molar-refractivity contribution in [3.8, 4) is 0 Å². The van der Waals surface area contributed by atoms with E-state index in [9.17, 15) is 4.79 Å². The molecule has 3 unspecified atom stereocenters. The molecule has 3 aliphatic rings. The highest BCUT2D eigenvalue weighted by atomic mass is 16.6. The summed E-state index contributed by atoms with van der Waals surface area (Å²) in [5.74, 6) is 1.22. The van der Waals surface area contributed by atoms with E-state index in [2.05, 4.69) is 5.32 Å². The molecular weight excluding hydrogens is 242 g/mol. The van der Waals surface area contributed by atoms with Crippen molar-refractivity contribution in [2.24, 2.45) is 11.8 Å². The van der Waals surface area contributed by atoms with Crippen LogP contribution in [0.3, 0.4) is 0 Å². The first-order valence-corrected chi connectivity index (χ1v) is 7.73. The molecule has 3 atom stereocenters. The van der Waals surface area contributed by atoms with Crippen LogP contribution in [0.25, 0.3) is 0 Å². The number of rotatable bonds is 3. The first kappa shape index (κ1) is 13.5. The summed E-state index contributed by atoms with van der Waals surface area (Å²) in [7, 11) is 0. The number of piperidine rings is 1. The Morgan fingerprint density at radius 2 is 2.26 bits per heavy atom. The van der Waals surface area contributed by atoms with Gasteiger partial charge in [-0.05, 0) is 44.7 Å². The number of carbonyl (C=O) groups is 1. The molecule has 3 heterocycles. The van der Waals surface area contributed by atoms with Gasteiger partial charge in [0.25, 0.3) is 0 Å². The van der Waals surface area contributed by atoms with Crippen LogP contribution in [0, 0.1) is 11.8 Å². The smallest absolute Gasteiger partial charge is 0.136 e. The maximum absolute atomic E-state index is 12.5. The Bertz CT molecular complexity index is 319. The van der Waals surface area contributed by atoms with Gasteiger partial charge in [-0.2, -0.15) is 0 Å². The summed E-state index contributed by atoms with van der Waals surface area (Å²) in [6, 6.07) is 0. The van der Waals surface area contributed by atoms with Crippen LogP contribution in [0.4, 0.5) is 0 Å². The van der Waals surface area contributed by atoms with Crippen molar-refractivity contribution in [3.05, 3.63) is 0 Å². The van der Waals surface area contributed by atoms with Crippen LogP contribution in [-0.2, 0) is 14.3 Å². The van der Waals surface area contributed by atoms with Crippen molar-refractivity contribution < 1.29 is 14.3 Å². The molecule has 0 aromatic heterocycles. The summed E-state index contributed by atoms with van der Waals surface area (Å²) < 4.78 is 11.4. The fourth-order valence-corrected chi connectivity index (χ4v) is 3.72. The number of hydrogen-bond donors (Lipinski definition) is 1. The van der Waals surface area contributed by atoms with Gasteiger partial charge < -0.3 is 14.8 Å². The van der Waals surface area contributed by atoms with Gasteiger partial charge in [-0.1, -0.05) is 0 Å². The highest BCUT2D eigenvalue weighted by Gasteiger charge is 2.42. The molecule has 1 spiro atoms. The minimum absolute atomic E-state index is 0.136. The molecule has 0 bridgehead atoms. The molecular formula is C15H25NO3. The SMILES string of the molecule is O=C(CC1CCCNC1)C1CCOC2(CCOC2)C1. The molecule has 0 aromatic rings. The van der Waals surface area contributed by atoms with Gasteiger partial charge in [0, 0.05) is 32.0 Å². The van der Waals surface area contributed by atoms with Crippen molar-refractivity contribution in [1.29, 1.82) is 0 Å². The van der Waals surface area contributed by atoms with Crippen LogP contribution in [0.2, 0.25) is 0 Å². The van der Waals surface area contributed by atoms with Gasteiger partial charge in [-0.3, -0.25) is 4.79 Å². The first-order valence-electron chi connectivity index (χ1n) is 7.73. The third-order valence-corrected chi connectivity index (χ3v) is 4.90. The zero-order valence-electron chi connectivity index (χ0n) is 11.7. The van der Waals surface area contributed by atoms with E-state index in [4.69, 9.17) is 9.47 Å². The van der Waals surface area contributed by atoms with Crippen molar-refractivity contribution in [1.82, 2.24) is 5.32 Å². The zero-order valence-corrected chi connectivity index (χ0v) is 11.7. The van der Waals surface area contributed by atoms with Gasteiger partial charge in [0.15, 0.2) is 0 Å². The Morgan fingerprint density at radius 1 is 1.32 bits per heavy atom. The van der Waals surface area contributed by atoms with E-state index in [1.165, 1.54) is 12.8 Å². The van der Waals surface area contributed by atoms with Gasteiger partial charge in [-0.25, -0.2) is 0 Å². The van der Waals surface area contributed by atoms with Crippen LogP contribution in [0.1, 0.15) is 38.5 Å². The molecule has 3 rings (SSSR count). The number of ketones is 1. The molecule has 19 heavy (non-hydrogen) atoms. The number of carbonyl (C=O) groups excluding carboxylic acids is 1. The molecule has 0 amide bonds. The maximum Gasteiger partial charge on any atom is 0.136 e. The first-order chi connectivity index (χ1) is 9.27. The molecule has 0 saturated carbocycles. The highest BCUT2D eigenvalue weighted by Crippen LogP contribution is 2.37. The predicted octanol–water partition coefficient (Wildman–Crippen LogP) is 1.53. The molecule has 0 radical (unpaired) electrons. The summed E-state index contributed by atoms with van der Waals surface area (Å²) in [6.07, 6.45) is 5.92. The Labute approximate surface area is 115 Å². The summed E-state index contributed by atoms with van der Waals surface area (Å²) >= 11 is 0. The standard InChI is InChI=1S/C15H25NO3/c17-14(8-12-2-1-5-16-10-12)13-3-6-19-15(9-13)4-7-18-11-15/h12-13,16H,1-11H2. The van der Waals surface area contributed by atoms with Crippen molar-refractivity contribution in [3.63, 3.8) is 0 Å². The summed E-state index contributed by atoms with van der Waals surface area (Å²) in [5.41, 5.74) is -0.136. The van der Waals surface area contributed by atoms with Crippen LogP contribution in [0.5, 0.6) is 0 Å². The number of ether oxygens (including phenoxy) is 2. The summed E-state index contributed by atoms with van der Waals surface area (Å²) in [6.45, 7) is 4.32. The minimum atomic E-state index is -0.136. The van der Waals surface area contributed by atoms with E-state index in [-0.39, 0.29) is 11.5 Å². The van der Waals surface area contributed by atoms with Crippen molar-refractivity contribution in [2.75, 3.05) is 32.9 Å². The van der Waals surface area contributed by atoms with Crippen LogP contribution in [0.15, 0.2) is 0 Å². The lowest BCUT2D eigenvalue weighted by Crippen LogP contribution is -2.43. The Kier molecular flexibility index (Phi) is 4.20. The lowest BCUT2D eigenvalue weighted by molar-refractivity contribution is -0.138. The van der Waals surface area contributed by atoms with Gasteiger partial charge in [0.05, 0.1) is 12.2 Å². The van der Waals surface area contributed by atoms with Crippen molar-refractivity contribution in [2.45, 2.75) is 44.1 Å². The summed E-state index contributed by atoms with van der Waals surface area (Å²) in [4.78, 5) is 12.5. The van der Waals surface area contributed by atoms with E-state index < -0.39 is 0 Å². The van der Waals surface area contributed by atoms with Crippen LogP contribution < -0.4 is 5.32 Å². The van der Waals surface area contributed by atoms with Crippen molar-refractivity contribution >= 4 is 5.78 Å². The third kappa shape index (κ3) is 3.18. The normalized spacial score (nSPS) is 39.6. The Morgan fingerprint density at radius 3 is 3.00 bits per heavy atom. The number of nitrogens with one attached hydrogen (secondary N) is 1. The third-order valence-electron chi connectivity index (χ3n) is 4.90. The quantitative estimate of drug-likeness (QED) is 0.842. The van der Waals surface area contributed by atoms with Gasteiger partial charge in [0.1, 0.15) is 5.78 Å². The topological polar surface area (TPSA) is 47.6 Å². The zero-order chi connectivity index (χ0) is 13.1. The monoisotopic (exact) mass is 267 g/mol. The number of Topliss-reactive ketones (excluding diaryl/α,β-unsaturated/α-hetero) is 1. The molecule has 0 aromatic carbocycles. The van der Waals surface area contributed by atoms with E-state index >= 15 is 0 Å². The van der Waals surface area contributed by atoms with E-state index in [0.717, 1.165) is 52.0 Å². The molecule has 108 valence electrons. The fourth-order valence-electron chi connectivity index (χ4n) is 3.72. The van der Waals surface area contributed by atoms with Crippen LogP contribution >= 0.6 is 0 Å². The number of hydrogen-bond acceptors (Lipinski definition) is 4. The molecule has 3 aliphatic heterocycles. The van der Waals surface area contributed by atoms with E-state index in [0.29, 0.717) is 18.3 Å². The highest BCUT2D eigenvalue weighted by molar-refractivity contribution is 5.81. The average Bonchev–Trinajstić information content (AvgIpc) is 2.88. The minimum Gasteiger partial charge on any atom is -0.378 e. The van der Waals surface area contributed by atoms with E-state index in [1.807, 2.05) is 0 Å². The second-order valence-corrected chi connectivity index (χ2v) is 6.41. The van der Waals surface area contributed by atoms with Gasteiger partial charge in [0.2, 0.25) is 0 Å². The van der Waals surface area contributed by atoms with Gasteiger partial charge >= 0.3 is 0 Å². The molecule has 0 aliphatic carbocycles. The predicted molar refractivity (Wildman–Crippen MR) is 72.1 cm³/mol. The van der Waals surface area contributed by atoms with Gasteiger partial charge in [-0.15, -0.1) is 0 Å². The fraction of sp³-hybridized carbons (Fsp3) is 0.933. The maximum atomic E-state index is 12.5.